The lowest BCUT2D eigenvalue weighted by atomic mass is 9.91. The Morgan fingerprint density at radius 1 is 1.25 bits per heavy atom. The quantitative estimate of drug-likeness (QED) is 0.780. The molecule has 0 radical (unpaired) electrons. The molecule has 3 rings (SSSR count). The number of carbonyl (C=O) groups is 1. The Labute approximate surface area is 121 Å². The van der Waals surface area contributed by atoms with Crippen LogP contribution in [0.5, 0.6) is 0 Å². The van der Waals surface area contributed by atoms with Crippen LogP contribution < -0.4 is 11.1 Å². The van der Waals surface area contributed by atoms with E-state index in [-0.39, 0.29) is 23.9 Å². The number of nitrogens with zero attached hydrogens (tertiary/aromatic N) is 1. The van der Waals surface area contributed by atoms with Crippen LogP contribution in [0.15, 0.2) is 0 Å². The zero-order valence-corrected chi connectivity index (χ0v) is 12.4. The second-order valence-corrected chi connectivity index (χ2v) is 6.75. The number of carbonyl (C=O) groups excluding carboxylic acids is 1. The van der Waals surface area contributed by atoms with Gasteiger partial charge in [-0.25, -0.2) is 0 Å². The smallest absolute Gasteiger partial charge is 0.237 e. The molecule has 0 bridgehead atoms. The van der Waals surface area contributed by atoms with Crippen molar-refractivity contribution in [3.8, 4) is 0 Å². The SMILES string of the molecule is CC1CN(C2CC2)CC1NC(=O)C(N)C1CCOCC1. The molecule has 5 nitrogen and oxygen atoms in total. The van der Waals surface area contributed by atoms with Gasteiger partial charge >= 0.3 is 0 Å². The van der Waals surface area contributed by atoms with Gasteiger partial charge in [-0.1, -0.05) is 6.92 Å². The molecule has 114 valence electrons. The van der Waals surface area contributed by atoms with Gasteiger partial charge < -0.3 is 15.8 Å². The lowest BCUT2D eigenvalue weighted by Gasteiger charge is -2.28. The zero-order chi connectivity index (χ0) is 14.1. The van der Waals surface area contributed by atoms with Crippen molar-refractivity contribution >= 4 is 5.91 Å². The largest absolute Gasteiger partial charge is 0.381 e. The van der Waals surface area contributed by atoms with Gasteiger partial charge in [0.2, 0.25) is 5.91 Å². The fraction of sp³-hybridized carbons (Fsp3) is 0.933. The maximum atomic E-state index is 12.3. The van der Waals surface area contributed by atoms with Crippen LogP contribution in [0.4, 0.5) is 0 Å². The highest BCUT2D eigenvalue weighted by molar-refractivity contribution is 5.82. The highest BCUT2D eigenvalue weighted by Crippen LogP contribution is 2.31. The molecule has 3 fully saturated rings. The summed E-state index contributed by atoms with van der Waals surface area (Å²) >= 11 is 0. The van der Waals surface area contributed by atoms with Crippen molar-refractivity contribution in [1.29, 1.82) is 0 Å². The van der Waals surface area contributed by atoms with Crippen LogP contribution in [0.1, 0.15) is 32.6 Å². The Morgan fingerprint density at radius 3 is 2.60 bits per heavy atom. The summed E-state index contributed by atoms with van der Waals surface area (Å²) in [5, 5.41) is 3.19. The molecule has 1 saturated carbocycles. The van der Waals surface area contributed by atoms with Crippen LogP contribution in [0.2, 0.25) is 0 Å². The van der Waals surface area contributed by atoms with E-state index in [1.165, 1.54) is 12.8 Å². The fourth-order valence-electron chi connectivity index (χ4n) is 3.50. The van der Waals surface area contributed by atoms with Gasteiger partial charge in [0.1, 0.15) is 0 Å². The third-order valence-electron chi connectivity index (χ3n) is 5.11. The summed E-state index contributed by atoms with van der Waals surface area (Å²) in [6, 6.07) is 0.679. The summed E-state index contributed by atoms with van der Waals surface area (Å²) in [5.41, 5.74) is 6.14. The second kappa shape index (κ2) is 6.00. The molecule has 3 unspecified atom stereocenters. The molecule has 2 aliphatic heterocycles. The molecule has 0 aromatic carbocycles. The Balaban J connectivity index is 1.50. The predicted molar refractivity (Wildman–Crippen MR) is 77.2 cm³/mol. The van der Waals surface area contributed by atoms with Crippen LogP contribution in [0.25, 0.3) is 0 Å². The molecule has 2 heterocycles. The van der Waals surface area contributed by atoms with Crippen LogP contribution in [0, 0.1) is 11.8 Å². The van der Waals surface area contributed by atoms with E-state index in [0.717, 1.165) is 45.2 Å². The van der Waals surface area contributed by atoms with Gasteiger partial charge in [0, 0.05) is 38.4 Å². The first-order valence-corrected chi connectivity index (χ1v) is 8.03. The lowest BCUT2D eigenvalue weighted by Crippen LogP contribution is -2.51. The summed E-state index contributed by atoms with van der Waals surface area (Å²) in [6.45, 7) is 5.81. The second-order valence-electron chi connectivity index (χ2n) is 6.75. The Morgan fingerprint density at radius 2 is 1.95 bits per heavy atom. The summed E-state index contributed by atoms with van der Waals surface area (Å²) in [5.74, 6) is 0.841. The van der Waals surface area contributed by atoms with Crippen molar-refractivity contribution in [1.82, 2.24) is 10.2 Å². The summed E-state index contributed by atoms with van der Waals surface area (Å²) < 4.78 is 5.33. The highest BCUT2D eigenvalue weighted by atomic mass is 16.5. The van der Waals surface area contributed by atoms with Crippen LogP contribution in [-0.2, 0) is 9.53 Å². The van der Waals surface area contributed by atoms with Gasteiger partial charge in [-0.15, -0.1) is 0 Å². The normalized spacial score (nSPS) is 34.1. The van der Waals surface area contributed by atoms with Gasteiger partial charge in [0.25, 0.3) is 0 Å². The predicted octanol–water partition coefficient (Wildman–Crippen LogP) is 0.339. The first-order valence-electron chi connectivity index (χ1n) is 8.03. The van der Waals surface area contributed by atoms with Crippen molar-refractivity contribution in [2.24, 2.45) is 17.6 Å². The topological polar surface area (TPSA) is 67.6 Å². The zero-order valence-electron chi connectivity index (χ0n) is 12.4. The van der Waals surface area contributed by atoms with E-state index in [4.69, 9.17) is 10.5 Å². The average molecular weight is 281 g/mol. The molecule has 3 atom stereocenters. The molecule has 5 heteroatoms. The lowest BCUT2D eigenvalue weighted by molar-refractivity contribution is -0.125. The molecule has 3 aliphatic rings. The fourth-order valence-corrected chi connectivity index (χ4v) is 3.50. The molecule has 0 aromatic heterocycles. The average Bonchev–Trinajstić information content (AvgIpc) is 3.25. The molecular formula is C15H27N3O2. The van der Waals surface area contributed by atoms with E-state index < -0.39 is 0 Å². The van der Waals surface area contributed by atoms with E-state index >= 15 is 0 Å². The minimum atomic E-state index is -0.374. The summed E-state index contributed by atoms with van der Waals surface area (Å²) in [6.07, 6.45) is 4.47. The van der Waals surface area contributed by atoms with Crippen molar-refractivity contribution in [2.75, 3.05) is 26.3 Å². The van der Waals surface area contributed by atoms with Crippen LogP contribution >= 0.6 is 0 Å². The number of hydrogen-bond acceptors (Lipinski definition) is 4. The Hall–Kier alpha value is -0.650. The monoisotopic (exact) mass is 281 g/mol. The maximum absolute atomic E-state index is 12.3. The number of rotatable bonds is 4. The van der Waals surface area contributed by atoms with E-state index in [1.807, 2.05) is 0 Å². The first-order chi connectivity index (χ1) is 9.65. The highest BCUT2D eigenvalue weighted by Gasteiger charge is 2.39. The van der Waals surface area contributed by atoms with E-state index in [9.17, 15) is 4.79 Å². The number of nitrogens with one attached hydrogen (secondary N) is 1. The Bertz CT molecular complexity index is 353. The summed E-state index contributed by atoms with van der Waals surface area (Å²) in [7, 11) is 0. The number of amides is 1. The Kier molecular flexibility index (Phi) is 4.29. The van der Waals surface area contributed by atoms with Gasteiger partial charge in [-0.2, -0.15) is 0 Å². The molecule has 20 heavy (non-hydrogen) atoms. The standard InChI is InChI=1S/C15H27N3O2/c1-10-8-18(12-2-3-12)9-13(10)17-15(19)14(16)11-4-6-20-7-5-11/h10-14H,2-9,16H2,1H3,(H,17,19). The molecular weight excluding hydrogens is 254 g/mol. The van der Waals surface area contributed by atoms with Gasteiger partial charge in [0.15, 0.2) is 0 Å². The third-order valence-corrected chi connectivity index (χ3v) is 5.11. The van der Waals surface area contributed by atoms with Crippen molar-refractivity contribution in [2.45, 2.75) is 50.7 Å². The minimum Gasteiger partial charge on any atom is -0.381 e. The number of nitrogens with two attached hydrogens (primary N) is 1. The van der Waals surface area contributed by atoms with E-state index in [0.29, 0.717) is 5.92 Å². The van der Waals surface area contributed by atoms with Crippen LogP contribution in [0.3, 0.4) is 0 Å². The van der Waals surface area contributed by atoms with Crippen molar-refractivity contribution in [3.05, 3.63) is 0 Å². The van der Waals surface area contributed by atoms with Gasteiger partial charge in [-0.05, 0) is 37.5 Å². The van der Waals surface area contributed by atoms with E-state index in [1.54, 1.807) is 0 Å². The number of hydrogen-bond donors (Lipinski definition) is 2. The molecule has 1 aliphatic carbocycles. The number of likely N-dealkylation sites (tertiary alicyclic amines) is 1. The maximum Gasteiger partial charge on any atom is 0.237 e. The van der Waals surface area contributed by atoms with Gasteiger partial charge in [0.05, 0.1) is 6.04 Å². The molecule has 0 spiro atoms. The molecule has 2 saturated heterocycles. The molecule has 0 aromatic rings. The van der Waals surface area contributed by atoms with E-state index in [2.05, 4.69) is 17.1 Å². The first kappa shape index (κ1) is 14.3. The molecule has 1 amide bonds. The van der Waals surface area contributed by atoms with Crippen LogP contribution in [-0.4, -0.2) is 55.2 Å². The minimum absolute atomic E-state index is 0.0337. The van der Waals surface area contributed by atoms with Crippen molar-refractivity contribution < 1.29 is 9.53 Å². The van der Waals surface area contributed by atoms with Gasteiger partial charge in [-0.3, -0.25) is 9.69 Å². The summed E-state index contributed by atoms with van der Waals surface area (Å²) in [4.78, 5) is 14.9. The van der Waals surface area contributed by atoms with Crippen molar-refractivity contribution in [3.63, 3.8) is 0 Å². The molecule has 3 N–H and O–H groups in total. The third kappa shape index (κ3) is 3.15. The number of ether oxygens (including phenoxy) is 1.